The molecule has 0 radical (unpaired) electrons. The van der Waals surface area contributed by atoms with Gasteiger partial charge in [-0.25, -0.2) is 0 Å². The van der Waals surface area contributed by atoms with E-state index in [1.54, 1.807) is 11.3 Å². The largest absolute Gasteiger partial charge is 0.397 e. The Kier molecular flexibility index (Phi) is 4.27. The first kappa shape index (κ1) is 13.4. The van der Waals surface area contributed by atoms with E-state index < -0.39 is 0 Å². The van der Waals surface area contributed by atoms with Crippen LogP contribution in [0.4, 0.5) is 10.7 Å². The van der Waals surface area contributed by atoms with Crippen LogP contribution in [0.3, 0.4) is 0 Å². The van der Waals surface area contributed by atoms with Crippen molar-refractivity contribution in [2.24, 2.45) is 5.92 Å². The number of thiophene rings is 1. The maximum Gasteiger partial charge on any atom is 0.174 e. The van der Waals surface area contributed by atoms with E-state index in [0.717, 1.165) is 23.9 Å². The van der Waals surface area contributed by atoms with Crippen molar-refractivity contribution < 1.29 is 4.79 Å². The van der Waals surface area contributed by atoms with Crippen molar-refractivity contribution in [2.75, 3.05) is 23.7 Å². The van der Waals surface area contributed by atoms with Crippen LogP contribution in [-0.4, -0.2) is 18.9 Å². The highest BCUT2D eigenvalue weighted by atomic mass is 32.1. The van der Waals surface area contributed by atoms with Crippen LogP contribution < -0.4 is 10.6 Å². The lowest BCUT2D eigenvalue weighted by Crippen LogP contribution is -2.22. The number of nitrogen functional groups attached to an aromatic ring is 1. The smallest absolute Gasteiger partial charge is 0.174 e. The first-order chi connectivity index (χ1) is 8.61. The molecule has 1 aromatic heterocycles. The zero-order chi connectivity index (χ0) is 13.1. The molecule has 1 aliphatic rings. The predicted molar refractivity (Wildman–Crippen MR) is 78.6 cm³/mol. The molecule has 0 aliphatic carbocycles. The van der Waals surface area contributed by atoms with Crippen molar-refractivity contribution in [1.82, 2.24) is 0 Å². The molecule has 1 fully saturated rings. The quantitative estimate of drug-likeness (QED) is 0.851. The number of Topliss-reactive ketones (excluding diaryl/α,β-unsaturated/α-hetero) is 1. The molecule has 2 rings (SSSR count). The van der Waals surface area contributed by atoms with E-state index in [1.807, 2.05) is 13.0 Å². The van der Waals surface area contributed by atoms with Crippen LogP contribution in [0.15, 0.2) is 6.07 Å². The lowest BCUT2D eigenvalue weighted by atomic mass is 10.0. The summed E-state index contributed by atoms with van der Waals surface area (Å²) in [5.74, 6) is 0.969. The number of hydrogen-bond acceptors (Lipinski definition) is 4. The average molecular weight is 266 g/mol. The Balaban J connectivity index is 2.15. The van der Waals surface area contributed by atoms with Crippen LogP contribution in [0.2, 0.25) is 0 Å². The fourth-order valence-electron chi connectivity index (χ4n) is 2.41. The van der Waals surface area contributed by atoms with Gasteiger partial charge in [-0.2, -0.15) is 0 Å². The standard InChI is InChI=1S/C14H22N2OS/c1-3-12(17)14-11(15)9-13(18-14)16-7-4-5-10(2)6-8-16/h9-10H,3-8,15H2,1-2H3. The Morgan fingerprint density at radius 2 is 2.28 bits per heavy atom. The van der Waals surface area contributed by atoms with E-state index in [2.05, 4.69) is 11.8 Å². The summed E-state index contributed by atoms with van der Waals surface area (Å²) in [6, 6.07) is 1.98. The van der Waals surface area contributed by atoms with Crippen LogP contribution in [0.1, 0.15) is 49.2 Å². The second kappa shape index (κ2) is 5.74. The Labute approximate surface area is 113 Å². The van der Waals surface area contributed by atoms with E-state index in [4.69, 9.17) is 5.73 Å². The van der Waals surface area contributed by atoms with Gasteiger partial charge in [0.25, 0.3) is 0 Å². The molecule has 100 valence electrons. The van der Waals surface area contributed by atoms with E-state index >= 15 is 0 Å². The Hall–Kier alpha value is -1.03. The van der Waals surface area contributed by atoms with E-state index in [-0.39, 0.29) is 5.78 Å². The zero-order valence-corrected chi connectivity index (χ0v) is 12.1. The summed E-state index contributed by atoms with van der Waals surface area (Å²) in [6.45, 7) is 6.37. The molecule has 0 aromatic carbocycles. The number of carbonyl (C=O) groups is 1. The normalized spacial score (nSPS) is 20.8. The summed E-state index contributed by atoms with van der Waals surface area (Å²) in [7, 11) is 0. The van der Waals surface area contributed by atoms with Gasteiger partial charge >= 0.3 is 0 Å². The number of carbonyl (C=O) groups excluding carboxylic acids is 1. The summed E-state index contributed by atoms with van der Waals surface area (Å²) in [4.78, 5) is 14.9. The maximum absolute atomic E-state index is 11.8. The molecule has 0 bridgehead atoms. The second-order valence-corrected chi connectivity index (χ2v) is 6.20. The molecule has 4 heteroatoms. The lowest BCUT2D eigenvalue weighted by molar-refractivity contribution is 0.0993. The fraction of sp³-hybridized carbons (Fsp3) is 0.643. The molecule has 3 nitrogen and oxygen atoms in total. The molecule has 2 N–H and O–H groups in total. The van der Waals surface area contributed by atoms with Gasteiger partial charge in [0, 0.05) is 19.5 Å². The Bertz CT molecular complexity index is 427. The summed E-state index contributed by atoms with van der Waals surface area (Å²) < 4.78 is 0. The van der Waals surface area contributed by atoms with Crippen LogP contribution >= 0.6 is 11.3 Å². The molecule has 0 saturated carbocycles. The minimum atomic E-state index is 0.159. The SMILES string of the molecule is CCC(=O)c1sc(N2CCCC(C)CC2)cc1N. The molecular weight excluding hydrogens is 244 g/mol. The molecule has 2 heterocycles. The first-order valence-electron chi connectivity index (χ1n) is 6.79. The minimum absolute atomic E-state index is 0.159. The monoisotopic (exact) mass is 266 g/mol. The molecule has 1 aliphatic heterocycles. The van der Waals surface area contributed by atoms with E-state index in [1.165, 1.54) is 24.3 Å². The zero-order valence-electron chi connectivity index (χ0n) is 11.2. The molecule has 1 unspecified atom stereocenters. The fourth-order valence-corrected chi connectivity index (χ4v) is 3.55. The number of ketones is 1. The Morgan fingerprint density at radius 3 is 3.00 bits per heavy atom. The van der Waals surface area contributed by atoms with Gasteiger partial charge in [0.05, 0.1) is 15.6 Å². The summed E-state index contributed by atoms with van der Waals surface area (Å²) in [6.07, 6.45) is 4.30. The highest BCUT2D eigenvalue weighted by molar-refractivity contribution is 7.18. The van der Waals surface area contributed by atoms with Gasteiger partial charge in [-0.15, -0.1) is 11.3 Å². The Morgan fingerprint density at radius 1 is 1.50 bits per heavy atom. The number of nitrogens with zero attached hydrogens (tertiary/aromatic N) is 1. The maximum atomic E-state index is 11.8. The van der Waals surface area contributed by atoms with Crippen LogP contribution in [0, 0.1) is 5.92 Å². The number of anilines is 2. The van der Waals surface area contributed by atoms with Crippen LogP contribution in [-0.2, 0) is 0 Å². The number of hydrogen-bond donors (Lipinski definition) is 1. The van der Waals surface area contributed by atoms with E-state index in [0.29, 0.717) is 12.1 Å². The molecule has 0 amide bonds. The lowest BCUT2D eigenvalue weighted by Gasteiger charge is -2.20. The van der Waals surface area contributed by atoms with Gasteiger partial charge in [-0.05, 0) is 31.2 Å². The predicted octanol–water partition coefficient (Wildman–Crippen LogP) is 3.55. The average Bonchev–Trinajstić information content (AvgIpc) is 2.60. The second-order valence-electron chi connectivity index (χ2n) is 5.17. The van der Waals surface area contributed by atoms with Gasteiger partial charge < -0.3 is 10.6 Å². The highest BCUT2D eigenvalue weighted by Crippen LogP contribution is 2.34. The molecule has 0 spiro atoms. The van der Waals surface area contributed by atoms with Gasteiger partial charge in [-0.3, -0.25) is 4.79 Å². The molecular formula is C14H22N2OS. The van der Waals surface area contributed by atoms with Gasteiger partial charge in [0.1, 0.15) is 0 Å². The van der Waals surface area contributed by atoms with Crippen LogP contribution in [0.25, 0.3) is 0 Å². The summed E-state index contributed by atoms with van der Waals surface area (Å²) >= 11 is 1.56. The number of nitrogens with two attached hydrogens (primary N) is 1. The third-order valence-corrected chi connectivity index (χ3v) is 4.90. The van der Waals surface area contributed by atoms with Crippen LogP contribution in [0.5, 0.6) is 0 Å². The van der Waals surface area contributed by atoms with E-state index in [9.17, 15) is 4.79 Å². The van der Waals surface area contributed by atoms with Gasteiger partial charge in [0.15, 0.2) is 5.78 Å². The number of rotatable bonds is 3. The summed E-state index contributed by atoms with van der Waals surface area (Å²) in [5.41, 5.74) is 6.61. The molecule has 1 aromatic rings. The summed E-state index contributed by atoms with van der Waals surface area (Å²) in [5, 5.41) is 1.17. The topological polar surface area (TPSA) is 46.3 Å². The van der Waals surface area contributed by atoms with Crippen molar-refractivity contribution in [1.29, 1.82) is 0 Å². The molecule has 18 heavy (non-hydrogen) atoms. The van der Waals surface area contributed by atoms with Gasteiger partial charge in [0.2, 0.25) is 0 Å². The van der Waals surface area contributed by atoms with Crippen molar-refractivity contribution in [3.05, 3.63) is 10.9 Å². The van der Waals surface area contributed by atoms with Crippen molar-refractivity contribution in [3.63, 3.8) is 0 Å². The third kappa shape index (κ3) is 2.86. The van der Waals surface area contributed by atoms with Crippen molar-refractivity contribution >= 4 is 27.8 Å². The van der Waals surface area contributed by atoms with Crippen molar-refractivity contribution in [3.8, 4) is 0 Å². The van der Waals surface area contributed by atoms with Crippen molar-refractivity contribution in [2.45, 2.75) is 39.5 Å². The first-order valence-corrected chi connectivity index (χ1v) is 7.61. The molecule has 1 saturated heterocycles. The minimum Gasteiger partial charge on any atom is -0.397 e. The van der Waals surface area contributed by atoms with Gasteiger partial charge in [-0.1, -0.05) is 13.8 Å². The molecule has 1 atom stereocenters. The third-order valence-electron chi connectivity index (χ3n) is 3.65. The highest BCUT2D eigenvalue weighted by Gasteiger charge is 2.19.